The van der Waals surface area contributed by atoms with Gasteiger partial charge >= 0.3 is 0 Å². The molecule has 26 heavy (non-hydrogen) atoms. The Labute approximate surface area is 154 Å². The van der Waals surface area contributed by atoms with E-state index in [2.05, 4.69) is 51.9 Å². The summed E-state index contributed by atoms with van der Waals surface area (Å²) < 4.78 is 0. The summed E-state index contributed by atoms with van der Waals surface area (Å²) in [6.07, 6.45) is 0.967. The highest BCUT2D eigenvalue weighted by atomic mass is 16.2. The highest BCUT2D eigenvalue weighted by Crippen LogP contribution is 2.36. The summed E-state index contributed by atoms with van der Waals surface area (Å²) in [5.74, 6) is 0.630. The first kappa shape index (κ1) is 17.0. The van der Waals surface area contributed by atoms with Gasteiger partial charge in [0.2, 0.25) is 5.95 Å². The minimum atomic E-state index is 0.00462. The third-order valence-electron chi connectivity index (χ3n) is 5.27. The first-order valence-electron chi connectivity index (χ1n) is 9.23. The summed E-state index contributed by atoms with van der Waals surface area (Å²) >= 11 is 0. The number of aryl methyl sites for hydroxylation is 1. The van der Waals surface area contributed by atoms with Crippen molar-refractivity contribution in [2.75, 3.05) is 38.1 Å². The SMILES string of the molecule is Cc1cc(C(=O)N2CCN(C)CC2)nc(N2c3ccccc3CC2C)n1. The van der Waals surface area contributed by atoms with Crippen LogP contribution < -0.4 is 4.90 Å². The maximum absolute atomic E-state index is 13.0. The van der Waals surface area contributed by atoms with E-state index >= 15 is 0 Å². The van der Waals surface area contributed by atoms with Gasteiger partial charge in [0.1, 0.15) is 5.69 Å². The molecule has 1 fully saturated rings. The molecule has 0 radical (unpaired) electrons. The van der Waals surface area contributed by atoms with Crippen LogP contribution in [0.25, 0.3) is 0 Å². The predicted octanol–water partition coefficient (Wildman–Crippen LogP) is 2.26. The molecule has 0 N–H and O–H groups in total. The molecule has 0 saturated carbocycles. The van der Waals surface area contributed by atoms with Crippen molar-refractivity contribution in [3.63, 3.8) is 0 Å². The smallest absolute Gasteiger partial charge is 0.272 e. The lowest BCUT2D eigenvalue weighted by Gasteiger charge is -2.32. The van der Waals surface area contributed by atoms with Gasteiger partial charge in [-0.1, -0.05) is 18.2 Å². The molecule has 1 aromatic carbocycles. The van der Waals surface area contributed by atoms with E-state index in [4.69, 9.17) is 0 Å². The second-order valence-corrected chi connectivity index (χ2v) is 7.34. The van der Waals surface area contributed by atoms with Gasteiger partial charge in [0, 0.05) is 43.6 Å². The molecule has 2 aliphatic heterocycles. The number of carbonyl (C=O) groups is 1. The van der Waals surface area contributed by atoms with E-state index in [1.807, 2.05) is 17.9 Å². The highest BCUT2D eigenvalue weighted by Gasteiger charge is 2.30. The third kappa shape index (κ3) is 3.05. The molecule has 0 aliphatic carbocycles. The van der Waals surface area contributed by atoms with Gasteiger partial charge in [-0.2, -0.15) is 0 Å². The van der Waals surface area contributed by atoms with Gasteiger partial charge in [-0.3, -0.25) is 4.79 Å². The molecule has 6 nitrogen and oxygen atoms in total. The molecule has 0 spiro atoms. The van der Waals surface area contributed by atoms with E-state index in [1.165, 1.54) is 5.56 Å². The Hall–Kier alpha value is -2.47. The molecule has 4 rings (SSSR count). The summed E-state index contributed by atoms with van der Waals surface area (Å²) in [6, 6.07) is 10.4. The van der Waals surface area contributed by atoms with Crippen LogP contribution in [0.15, 0.2) is 30.3 Å². The number of amides is 1. The number of piperazine rings is 1. The van der Waals surface area contributed by atoms with Gasteiger partial charge in [0.15, 0.2) is 0 Å². The Bertz CT molecular complexity index is 829. The van der Waals surface area contributed by atoms with Gasteiger partial charge in [-0.15, -0.1) is 0 Å². The number of carbonyl (C=O) groups excluding carboxylic acids is 1. The topological polar surface area (TPSA) is 52.6 Å². The second kappa shape index (κ2) is 6.68. The average Bonchev–Trinajstić information content (AvgIpc) is 2.97. The number of nitrogens with zero attached hydrogens (tertiary/aromatic N) is 5. The number of benzene rings is 1. The molecule has 3 heterocycles. The normalized spacial score (nSPS) is 20.3. The van der Waals surface area contributed by atoms with Crippen LogP contribution >= 0.6 is 0 Å². The van der Waals surface area contributed by atoms with Crippen LogP contribution in [-0.2, 0) is 6.42 Å². The van der Waals surface area contributed by atoms with Crippen molar-refractivity contribution in [1.29, 1.82) is 0 Å². The molecule has 1 amide bonds. The second-order valence-electron chi connectivity index (χ2n) is 7.34. The standard InChI is InChI=1S/C20H25N5O/c1-14-12-17(19(26)24-10-8-23(3)9-11-24)22-20(21-14)25-15(2)13-16-6-4-5-7-18(16)25/h4-7,12,15H,8-11,13H2,1-3H3. The van der Waals surface area contributed by atoms with Gasteiger partial charge in [0.05, 0.1) is 0 Å². The van der Waals surface area contributed by atoms with Crippen LogP contribution in [0.5, 0.6) is 0 Å². The van der Waals surface area contributed by atoms with Crippen LogP contribution in [0, 0.1) is 6.92 Å². The number of likely N-dealkylation sites (N-methyl/N-ethyl adjacent to an activating group) is 1. The number of rotatable bonds is 2. The number of anilines is 2. The van der Waals surface area contributed by atoms with Crippen molar-refractivity contribution in [2.24, 2.45) is 0 Å². The number of hydrogen-bond acceptors (Lipinski definition) is 5. The molecular weight excluding hydrogens is 326 g/mol. The number of para-hydroxylation sites is 1. The van der Waals surface area contributed by atoms with Crippen LogP contribution in [0.1, 0.15) is 28.7 Å². The lowest BCUT2D eigenvalue weighted by atomic mass is 10.1. The zero-order chi connectivity index (χ0) is 18.3. The lowest BCUT2D eigenvalue weighted by molar-refractivity contribution is 0.0658. The van der Waals surface area contributed by atoms with Crippen LogP contribution in [-0.4, -0.2) is 64.9 Å². The predicted molar refractivity (Wildman–Crippen MR) is 102 cm³/mol. The Morgan fingerprint density at radius 1 is 1.12 bits per heavy atom. The van der Waals surface area contributed by atoms with Crippen LogP contribution in [0.4, 0.5) is 11.6 Å². The van der Waals surface area contributed by atoms with E-state index in [1.54, 1.807) is 6.07 Å². The zero-order valence-corrected chi connectivity index (χ0v) is 15.6. The van der Waals surface area contributed by atoms with Crippen LogP contribution in [0.3, 0.4) is 0 Å². The molecule has 1 aromatic heterocycles. The lowest BCUT2D eigenvalue weighted by Crippen LogP contribution is -2.47. The molecule has 6 heteroatoms. The first-order chi connectivity index (χ1) is 12.5. The van der Waals surface area contributed by atoms with Crippen molar-refractivity contribution in [2.45, 2.75) is 26.3 Å². The minimum absolute atomic E-state index is 0.00462. The van der Waals surface area contributed by atoms with E-state index < -0.39 is 0 Å². The molecule has 136 valence electrons. The number of aromatic nitrogens is 2. The molecule has 2 aromatic rings. The van der Waals surface area contributed by atoms with Crippen molar-refractivity contribution in [3.8, 4) is 0 Å². The number of hydrogen-bond donors (Lipinski definition) is 0. The molecule has 0 bridgehead atoms. The maximum Gasteiger partial charge on any atom is 0.272 e. The van der Waals surface area contributed by atoms with Gasteiger partial charge in [0.25, 0.3) is 5.91 Å². The Kier molecular flexibility index (Phi) is 4.36. The van der Waals surface area contributed by atoms with E-state index in [0.29, 0.717) is 11.6 Å². The summed E-state index contributed by atoms with van der Waals surface area (Å²) in [7, 11) is 2.08. The first-order valence-corrected chi connectivity index (χ1v) is 9.23. The Morgan fingerprint density at radius 2 is 1.85 bits per heavy atom. The molecule has 1 atom stereocenters. The Morgan fingerprint density at radius 3 is 2.62 bits per heavy atom. The monoisotopic (exact) mass is 351 g/mol. The number of fused-ring (bicyclic) bond motifs is 1. The van der Waals surface area contributed by atoms with Crippen molar-refractivity contribution < 1.29 is 4.79 Å². The molecular formula is C20H25N5O. The summed E-state index contributed by atoms with van der Waals surface area (Å²) in [5, 5.41) is 0. The van der Waals surface area contributed by atoms with Gasteiger partial charge in [-0.25, -0.2) is 9.97 Å². The van der Waals surface area contributed by atoms with Crippen molar-refractivity contribution in [1.82, 2.24) is 19.8 Å². The summed E-state index contributed by atoms with van der Waals surface area (Å²) in [6.45, 7) is 7.40. The fraction of sp³-hybridized carbons (Fsp3) is 0.450. The van der Waals surface area contributed by atoms with E-state index in [0.717, 1.165) is 44.0 Å². The van der Waals surface area contributed by atoms with Crippen molar-refractivity contribution >= 4 is 17.5 Å². The average molecular weight is 351 g/mol. The molecule has 2 aliphatic rings. The van der Waals surface area contributed by atoms with E-state index in [-0.39, 0.29) is 11.9 Å². The highest BCUT2D eigenvalue weighted by molar-refractivity contribution is 5.93. The zero-order valence-electron chi connectivity index (χ0n) is 15.6. The van der Waals surface area contributed by atoms with Gasteiger partial charge < -0.3 is 14.7 Å². The Balaban J connectivity index is 1.66. The molecule has 1 unspecified atom stereocenters. The summed E-state index contributed by atoms with van der Waals surface area (Å²) in [5.41, 5.74) is 3.76. The third-order valence-corrected chi connectivity index (χ3v) is 5.27. The van der Waals surface area contributed by atoms with Crippen LogP contribution in [0.2, 0.25) is 0 Å². The van der Waals surface area contributed by atoms with Gasteiger partial charge in [-0.05, 0) is 45.0 Å². The largest absolute Gasteiger partial charge is 0.335 e. The maximum atomic E-state index is 13.0. The summed E-state index contributed by atoms with van der Waals surface area (Å²) in [4.78, 5) is 28.6. The van der Waals surface area contributed by atoms with Crippen molar-refractivity contribution in [3.05, 3.63) is 47.3 Å². The molecule has 1 saturated heterocycles. The fourth-order valence-corrected chi connectivity index (χ4v) is 3.81. The van der Waals surface area contributed by atoms with E-state index in [9.17, 15) is 4.79 Å². The fourth-order valence-electron chi connectivity index (χ4n) is 3.81. The quantitative estimate of drug-likeness (QED) is 0.831. The minimum Gasteiger partial charge on any atom is -0.335 e.